The third-order valence-corrected chi connectivity index (χ3v) is 4.03. The molecular weight excluding hydrogens is 308 g/mol. The van der Waals surface area contributed by atoms with Crippen molar-refractivity contribution in [1.82, 2.24) is 0 Å². The summed E-state index contributed by atoms with van der Waals surface area (Å²) in [6.07, 6.45) is 0. The minimum atomic E-state index is -0.219. The number of thiophene rings is 1. The maximum atomic E-state index is 12.3. The summed E-state index contributed by atoms with van der Waals surface area (Å²) >= 11 is 1.37. The Kier molecular flexibility index (Phi) is 4.49. The van der Waals surface area contributed by atoms with Crippen LogP contribution in [0.5, 0.6) is 0 Å². The Morgan fingerprint density at radius 1 is 0.739 bits per heavy atom. The molecular formula is C18H14N2O2S. The van der Waals surface area contributed by atoms with Gasteiger partial charge in [-0.25, -0.2) is 0 Å². The minimum absolute atomic E-state index is 0.180. The SMILES string of the molecule is O=C(Nc1ccccc1)c1cccc(NC(=O)c2cccs2)c1. The number of hydrogen-bond acceptors (Lipinski definition) is 3. The Labute approximate surface area is 137 Å². The Morgan fingerprint density at radius 3 is 2.22 bits per heavy atom. The van der Waals surface area contributed by atoms with Crippen molar-refractivity contribution in [1.29, 1.82) is 0 Å². The van der Waals surface area contributed by atoms with Crippen LogP contribution in [0.3, 0.4) is 0 Å². The molecule has 0 aliphatic carbocycles. The molecule has 0 saturated heterocycles. The van der Waals surface area contributed by atoms with Crippen LogP contribution in [0.1, 0.15) is 20.0 Å². The number of nitrogens with one attached hydrogen (secondary N) is 2. The Bertz CT molecular complexity index is 814. The van der Waals surface area contributed by atoms with Gasteiger partial charge in [0.2, 0.25) is 0 Å². The summed E-state index contributed by atoms with van der Waals surface area (Å²) in [5.74, 6) is -0.399. The van der Waals surface area contributed by atoms with Gasteiger partial charge in [-0.15, -0.1) is 11.3 Å². The van der Waals surface area contributed by atoms with Crippen LogP contribution in [0.15, 0.2) is 72.1 Å². The maximum Gasteiger partial charge on any atom is 0.265 e. The largest absolute Gasteiger partial charge is 0.322 e. The van der Waals surface area contributed by atoms with Gasteiger partial charge in [0, 0.05) is 16.9 Å². The Balaban J connectivity index is 1.72. The van der Waals surface area contributed by atoms with E-state index in [0.29, 0.717) is 16.1 Å². The fourth-order valence-electron chi connectivity index (χ4n) is 2.06. The number of carbonyl (C=O) groups excluding carboxylic acids is 2. The van der Waals surface area contributed by atoms with E-state index in [0.717, 1.165) is 5.69 Å². The van der Waals surface area contributed by atoms with Crippen molar-refractivity contribution in [2.75, 3.05) is 10.6 Å². The molecule has 0 fully saturated rings. The van der Waals surface area contributed by atoms with Gasteiger partial charge >= 0.3 is 0 Å². The summed E-state index contributed by atoms with van der Waals surface area (Å²) < 4.78 is 0. The number of para-hydroxylation sites is 1. The van der Waals surface area contributed by atoms with E-state index in [2.05, 4.69) is 10.6 Å². The lowest BCUT2D eigenvalue weighted by molar-refractivity contribution is 0.101. The summed E-state index contributed by atoms with van der Waals surface area (Å²) in [6, 6.07) is 19.7. The molecule has 1 heterocycles. The van der Waals surface area contributed by atoms with Gasteiger partial charge in [-0.1, -0.05) is 30.3 Å². The van der Waals surface area contributed by atoms with Gasteiger partial charge in [-0.3, -0.25) is 9.59 Å². The summed E-state index contributed by atoms with van der Waals surface area (Å²) in [5.41, 5.74) is 1.80. The summed E-state index contributed by atoms with van der Waals surface area (Å²) in [7, 11) is 0. The van der Waals surface area contributed by atoms with Crippen molar-refractivity contribution >= 4 is 34.5 Å². The fraction of sp³-hybridized carbons (Fsp3) is 0. The van der Waals surface area contributed by atoms with E-state index in [-0.39, 0.29) is 11.8 Å². The third kappa shape index (κ3) is 3.84. The van der Waals surface area contributed by atoms with Gasteiger partial charge < -0.3 is 10.6 Å². The van der Waals surface area contributed by atoms with Gasteiger partial charge in [0.15, 0.2) is 0 Å². The smallest absolute Gasteiger partial charge is 0.265 e. The summed E-state index contributed by atoms with van der Waals surface area (Å²) in [6.45, 7) is 0. The highest BCUT2D eigenvalue weighted by molar-refractivity contribution is 7.12. The zero-order valence-corrected chi connectivity index (χ0v) is 13.0. The molecule has 0 aliphatic heterocycles. The number of rotatable bonds is 4. The standard InChI is InChI=1S/C18H14N2O2S/c21-17(19-14-7-2-1-3-8-14)13-6-4-9-15(12-13)20-18(22)16-10-5-11-23-16/h1-12H,(H,19,21)(H,20,22). The summed E-state index contributed by atoms with van der Waals surface area (Å²) in [4.78, 5) is 24.9. The lowest BCUT2D eigenvalue weighted by Gasteiger charge is -2.08. The van der Waals surface area contributed by atoms with Gasteiger partial charge in [-0.05, 0) is 41.8 Å². The molecule has 0 saturated carbocycles. The number of amides is 2. The minimum Gasteiger partial charge on any atom is -0.322 e. The highest BCUT2D eigenvalue weighted by Crippen LogP contribution is 2.16. The van der Waals surface area contributed by atoms with Crippen molar-refractivity contribution < 1.29 is 9.59 Å². The molecule has 5 heteroatoms. The topological polar surface area (TPSA) is 58.2 Å². The van der Waals surface area contributed by atoms with E-state index in [1.54, 1.807) is 30.3 Å². The van der Waals surface area contributed by atoms with Crippen LogP contribution in [0.25, 0.3) is 0 Å². The highest BCUT2D eigenvalue weighted by atomic mass is 32.1. The zero-order valence-electron chi connectivity index (χ0n) is 12.2. The van der Waals surface area contributed by atoms with Gasteiger partial charge in [0.05, 0.1) is 4.88 Å². The number of carbonyl (C=O) groups is 2. The predicted molar refractivity (Wildman–Crippen MR) is 93.1 cm³/mol. The molecule has 4 nitrogen and oxygen atoms in total. The van der Waals surface area contributed by atoms with Crippen LogP contribution in [-0.2, 0) is 0 Å². The molecule has 3 rings (SSSR count). The normalized spacial score (nSPS) is 10.1. The van der Waals surface area contributed by atoms with Crippen molar-refractivity contribution in [3.05, 3.63) is 82.6 Å². The maximum absolute atomic E-state index is 12.3. The lowest BCUT2D eigenvalue weighted by atomic mass is 10.1. The fourth-order valence-corrected chi connectivity index (χ4v) is 2.68. The van der Waals surface area contributed by atoms with Gasteiger partial charge in [0.25, 0.3) is 11.8 Å². The molecule has 0 aliphatic rings. The van der Waals surface area contributed by atoms with Crippen LogP contribution in [0.2, 0.25) is 0 Å². The number of hydrogen-bond donors (Lipinski definition) is 2. The van der Waals surface area contributed by atoms with Crippen LogP contribution >= 0.6 is 11.3 Å². The molecule has 2 aromatic carbocycles. The average Bonchev–Trinajstić information content (AvgIpc) is 3.11. The molecule has 0 spiro atoms. The van der Waals surface area contributed by atoms with Crippen molar-refractivity contribution in [3.8, 4) is 0 Å². The molecule has 2 amide bonds. The second kappa shape index (κ2) is 6.89. The molecule has 0 radical (unpaired) electrons. The monoisotopic (exact) mass is 322 g/mol. The first-order valence-electron chi connectivity index (χ1n) is 7.04. The van der Waals surface area contributed by atoms with Crippen molar-refractivity contribution in [2.45, 2.75) is 0 Å². The summed E-state index contributed by atoms with van der Waals surface area (Å²) in [5, 5.41) is 7.46. The van der Waals surface area contributed by atoms with Gasteiger partial charge in [-0.2, -0.15) is 0 Å². The average molecular weight is 322 g/mol. The van der Waals surface area contributed by atoms with E-state index in [4.69, 9.17) is 0 Å². The van der Waals surface area contributed by atoms with Crippen LogP contribution < -0.4 is 10.6 Å². The van der Waals surface area contributed by atoms with E-state index in [1.807, 2.05) is 41.8 Å². The van der Waals surface area contributed by atoms with Crippen molar-refractivity contribution in [3.63, 3.8) is 0 Å². The first-order valence-corrected chi connectivity index (χ1v) is 7.92. The predicted octanol–water partition coefficient (Wildman–Crippen LogP) is 4.25. The van der Waals surface area contributed by atoms with E-state index < -0.39 is 0 Å². The lowest BCUT2D eigenvalue weighted by Crippen LogP contribution is -2.14. The molecule has 23 heavy (non-hydrogen) atoms. The second-order valence-electron chi connectivity index (χ2n) is 4.83. The second-order valence-corrected chi connectivity index (χ2v) is 5.78. The first kappa shape index (κ1) is 15.0. The van der Waals surface area contributed by atoms with Crippen LogP contribution in [0, 0.1) is 0 Å². The van der Waals surface area contributed by atoms with Crippen molar-refractivity contribution in [2.24, 2.45) is 0 Å². The molecule has 1 aromatic heterocycles. The Hall–Kier alpha value is -2.92. The number of benzene rings is 2. The van der Waals surface area contributed by atoms with E-state index in [1.165, 1.54) is 11.3 Å². The van der Waals surface area contributed by atoms with E-state index >= 15 is 0 Å². The number of anilines is 2. The first-order chi connectivity index (χ1) is 11.2. The van der Waals surface area contributed by atoms with Crippen LogP contribution in [-0.4, -0.2) is 11.8 Å². The Morgan fingerprint density at radius 2 is 1.48 bits per heavy atom. The van der Waals surface area contributed by atoms with Crippen LogP contribution in [0.4, 0.5) is 11.4 Å². The zero-order chi connectivity index (χ0) is 16.1. The van der Waals surface area contributed by atoms with Gasteiger partial charge in [0.1, 0.15) is 0 Å². The molecule has 0 bridgehead atoms. The molecule has 3 aromatic rings. The quantitative estimate of drug-likeness (QED) is 0.754. The molecule has 0 atom stereocenters. The molecule has 0 unspecified atom stereocenters. The third-order valence-electron chi connectivity index (χ3n) is 3.16. The highest BCUT2D eigenvalue weighted by Gasteiger charge is 2.10. The van der Waals surface area contributed by atoms with E-state index in [9.17, 15) is 9.59 Å². The molecule has 2 N–H and O–H groups in total. The molecule has 114 valence electrons.